The fraction of sp³-hybridized carbons (Fsp3) is 0.286. The average Bonchev–Trinajstić information content (AvgIpc) is 3.36. The lowest BCUT2D eigenvalue weighted by Gasteiger charge is -2.36. The second-order valence-corrected chi connectivity index (χ2v) is 10.7. The van der Waals surface area contributed by atoms with Gasteiger partial charge in [0.2, 0.25) is 5.95 Å². The average molecular weight is 643 g/mol. The monoisotopic (exact) mass is 641 g/mol. The van der Waals surface area contributed by atoms with Crippen LogP contribution in [0.15, 0.2) is 56.5 Å². The Morgan fingerprint density at radius 3 is 2.49 bits per heavy atom. The minimum atomic E-state index is -1.05. The fourth-order valence-electron chi connectivity index (χ4n) is 4.74. The van der Waals surface area contributed by atoms with E-state index in [2.05, 4.69) is 38.0 Å². The molecule has 1 saturated heterocycles. The second-order valence-electron chi connectivity index (χ2n) is 9.46. The molecule has 212 valence electrons. The van der Waals surface area contributed by atoms with Crippen LogP contribution in [0.4, 0.5) is 20.4 Å². The molecule has 41 heavy (non-hydrogen) atoms. The molecular formula is C28H26BrF2N7O2S. The van der Waals surface area contributed by atoms with E-state index >= 15 is 0 Å². The number of aryl methyl sites for hydroxylation is 1. The largest absolute Gasteiger partial charge is 0.345 e. The predicted molar refractivity (Wildman–Crippen MR) is 162 cm³/mol. The van der Waals surface area contributed by atoms with Crippen molar-refractivity contribution in [3.8, 4) is 11.8 Å². The first-order valence-electron chi connectivity index (χ1n) is 12.8. The van der Waals surface area contributed by atoms with E-state index in [4.69, 9.17) is 17.2 Å². The first-order chi connectivity index (χ1) is 19.7. The summed E-state index contributed by atoms with van der Waals surface area (Å²) in [6.07, 6.45) is 0. The Morgan fingerprint density at radius 1 is 1.07 bits per heavy atom. The van der Waals surface area contributed by atoms with E-state index in [0.29, 0.717) is 37.2 Å². The van der Waals surface area contributed by atoms with E-state index in [-0.39, 0.29) is 29.8 Å². The highest BCUT2D eigenvalue weighted by Crippen LogP contribution is 2.24. The number of rotatable bonds is 5. The molecule has 0 amide bonds. The molecule has 3 heterocycles. The molecule has 9 nitrogen and oxygen atoms in total. The maximum absolute atomic E-state index is 13.8. The summed E-state index contributed by atoms with van der Waals surface area (Å²) in [4.78, 5) is 35.7. The Bertz CT molecular complexity index is 1830. The molecule has 2 aromatic carbocycles. The van der Waals surface area contributed by atoms with Crippen molar-refractivity contribution < 1.29 is 8.78 Å². The van der Waals surface area contributed by atoms with Crippen molar-refractivity contribution in [3.63, 3.8) is 0 Å². The molecular weight excluding hydrogens is 616 g/mol. The summed E-state index contributed by atoms with van der Waals surface area (Å²) in [6, 6.07) is 11.0. The molecule has 5 rings (SSSR count). The van der Waals surface area contributed by atoms with Gasteiger partial charge in [-0.15, -0.1) is 5.92 Å². The summed E-state index contributed by atoms with van der Waals surface area (Å²) in [5, 5.41) is 3.88. The van der Waals surface area contributed by atoms with Crippen LogP contribution in [-0.4, -0.2) is 54.9 Å². The van der Waals surface area contributed by atoms with Gasteiger partial charge in [-0.05, 0) is 64.9 Å². The smallest absolute Gasteiger partial charge is 0.332 e. The molecule has 1 fully saturated rings. The number of thiocarbonyl (C=S) groups is 1. The van der Waals surface area contributed by atoms with Crippen molar-refractivity contribution in [2.45, 2.75) is 20.0 Å². The zero-order valence-electron chi connectivity index (χ0n) is 22.3. The molecule has 0 bridgehead atoms. The van der Waals surface area contributed by atoms with Gasteiger partial charge in [-0.1, -0.05) is 24.1 Å². The van der Waals surface area contributed by atoms with Crippen LogP contribution in [0.5, 0.6) is 0 Å². The fourth-order valence-corrected chi connectivity index (χ4v) is 5.41. The Labute approximate surface area is 248 Å². The van der Waals surface area contributed by atoms with Crippen molar-refractivity contribution in [2.24, 2.45) is 7.05 Å². The lowest BCUT2D eigenvalue weighted by atomic mass is 10.2. The quantitative estimate of drug-likeness (QED) is 0.264. The topological polar surface area (TPSA) is 80.3 Å². The number of imidazole rings is 1. The Kier molecular flexibility index (Phi) is 8.23. The molecule has 13 heteroatoms. The Hall–Kier alpha value is -4.02. The number of benzene rings is 2. The summed E-state index contributed by atoms with van der Waals surface area (Å²) in [5.74, 6) is 4.31. The van der Waals surface area contributed by atoms with Crippen LogP contribution in [0, 0.1) is 23.5 Å². The van der Waals surface area contributed by atoms with E-state index in [1.807, 2.05) is 29.2 Å². The van der Waals surface area contributed by atoms with Crippen molar-refractivity contribution in [2.75, 3.05) is 36.4 Å². The summed E-state index contributed by atoms with van der Waals surface area (Å²) in [7, 11) is 1.53. The molecule has 1 aliphatic rings. The number of hydrogen-bond donors (Lipinski definition) is 1. The third kappa shape index (κ3) is 5.62. The molecule has 4 aromatic rings. The first kappa shape index (κ1) is 28.5. The number of para-hydroxylation sites is 1. The zero-order chi connectivity index (χ0) is 29.3. The number of piperazine rings is 1. The maximum atomic E-state index is 13.8. The van der Waals surface area contributed by atoms with Crippen molar-refractivity contribution in [1.29, 1.82) is 0 Å². The number of aromatic nitrogens is 4. The lowest BCUT2D eigenvalue weighted by Crippen LogP contribution is -2.50. The van der Waals surface area contributed by atoms with Crippen molar-refractivity contribution >= 4 is 56.1 Å². The number of hydrogen-bond acceptors (Lipinski definition) is 5. The van der Waals surface area contributed by atoms with Crippen LogP contribution in [0.1, 0.15) is 12.5 Å². The lowest BCUT2D eigenvalue weighted by molar-refractivity contribution is 0.386. The van der Waals surface area contributed by atoms with Crippen LogP contribution in [0.25, 0.3) is 11.2 Å². The van der Waals surface area contributed by atoms with E-state index in [1.54, 1.807) is 11.5 Å². The van der Waals surface area contributed by atoms with Gasteiger partial charge in [0.25, 0.3) is 5.56 Å². The molecule has 0 unspecified atom stereocenters. The summed E-state index contributed by atoms with van der Waals surface area (Å²) >= 11 is 9.17. The zero-order valence-corrected chi connectivity index (χ0v) is 24.7. The molecule has 0 atom stereocenters. The first-order valence-corrected chi connectivity index (χ1v) is 14.0. The highest BCUT2D eigenvalue weighted by Gasteiger charge is 2.27. The van der Waals surface area contributed by atoms with Gasteiger partial charge in [-0.3, -0.25) is 18.5 Å². The third-order valence-corrected chi connectivity index (χ3v) is 7.97. The van der Waals surface area contributed by atoms with Crippen LogP contribution in [0.2, 0.25) is 0 Å². The number of fused-ring (bicyclic) bond motifs is 1. The number of nitrogens with one attached hydrogen (secondary N) is 1. The number of halogens is 3. The summed E-state index contributed by atoms with van der Waals surface area (Å²) in [5.41, 5.74) is 0.398. The number of nitrogens with zero attached hydrogens (tertiary/aromatic N) is 6. The van der Waals surface area contributed by atoms with Gasteiger partial charge in [-0.25, -0.2) is 13.6 Å². The summed E-state index contributed by atoms with van der Waals surface area (Å²) in [6.45, 7) is 4.02. The molecule has 1 aliphatic heterocycles. The predicted octanol–water partition coefficient (Wildman–Crippen LogP) is 3.53. The van der Waals surface area contributed by atoms with Crippen molar-refractivity contribution in [1.82, 2.24) is 23.6 Å². The van der Waals surface area contributed by atoms with Crippen LogP contribution in [-0.2, 0) is 20.1 Å². The van der Waals surface area contributed by atoms with Gasteiger partial charge in [0.05, 0.1) is 18.8 Å². The molecule has 1 N–H and O–H groups in total. The highest BCUT2D eigenvalue weighted by molar-refractivity contribution is 9.10. The SMILES string of the molecule is CC#CCn1c(N2CCN(C(=S)Nc3ccccc3Br)CC2)nc2c1c(=O)n(Cc1ccc(F)c(F)c1)c(=O)n2C. The van der Waals surface area contributed by atoms with Crippen LogP contribution >= 0.6 is 28.1 Å². The third-order valence-electron chi connectivity index (χ3n) is 6.92. The van der Waals surface area contributed by atoms with E-state index in [9.17, 15) is 18.4 Å². The normalized spacial score (nSPS) is 13.3. The molecule has 0 radical (unpaired) electrons. The molecule has 0 saturated carbocycles. The maximum Gasteiger partial charge on any atom is 0.332 e. The molecule has 0 aliphatic carbocycles. The Balaban J connectivity index is 1.46. The van der Waals surface area contributed by atoms with Gasteiger partial charge >= 0.3 is 5.69 Å². The van der Waals surface area contributed by atoms with Crippen molar-refractivity contribution in [3.05, 3.63) is 85.0 Å². The molecule has 0 spiro atoms. The molecule has 2 aromatic heterocycles. The standard InChI is InChI=1S/C28H26BrF2N7O2S/c1-3-4-11-37-23-24(34(2)28(40)38(25(23)39)17-18-9-10-20(30)21(31)16-18)33-26(37)35-12-14-36(15-13-35)27(41)32-22-8-6-5-7-19(22)29/h5-10,16H,11-15,17H2,1-2H3,(H,32,41). The van der Waals surface area contributed by atoms with E-state index < -0.39 is 22.9 Å². The van der Waals surface area contributed by atoms with Gasteiger partial charge in [0.1, 0.15) is 0 Å². The van der Waals surface area contributed by atoms with Gasteiger partial charge in [0.15, 0.2) is 27.9 Å². The van der Waals surface area contributed by atoms with E-state index in [1.165, 1.54) is 17.7 Å². The second kappa shape index (κ2) is 11.8. The van der Waals surface area contributed by atoms with E-state index in [0.717, 1.165) is 26.9 Å². The highest BCUT2D eigenvalue weighted by atomic mass is 79.9. The summed E-state index contributed by atoms with van der Waals surface area (Å²) < 4.78 is 32.2. The van der Waals surface area contributed by atoms with Gasteiger partial charge in [-0.2, -0.15) is 4.98 Å². The number of anilines is 2. The van der Waals surface area contributed by atoms with Gasteiger partial charge < -0.3 is 15.1 Å². The minimum absolute atomic E-state index is 0.184. The van der Waals surface area contributed by atoms with Crippen LogP contribution < -0.4 is 21.5 Å². The Morgan fingerprint density at radius 2 is 1.80 bits per heavy atom. The minimum Gasteiger partial charge on any atom is -0.345 e. The van der Waals surface area contributed by atoms with Crippen LogP contribution in [0.3, 0.4) is 0 Å². The van der Waals surface area contributed by atoms with Gasteiger partial charge in [0, 0.05) is 37.7 Å².